The van der Waals surface area contributed by atoms with Crippen LogP contribution in [0.1, 0.15) is 22.7 Å². The molecule has 0 bridgehead atoms. The minimum absolute atomic E-state index is 0.0860. The van der Waals surface area contributed by atoms with E-state index in [1.807, 2.05) is 12.1 Å². The maximum absolute atomic E-state index is 13.1. The molecule has 0 unspecified atom stereocenters. The van der Waals surface area contributed by atoms with E-state index in [9.17, 15) is 9.50 Å². The SMILES string of the molecule is O[C@H]1Cc2ccccc2[C@H]1NCc1cn[nH]c1-c1ccc(F)cc1. The van der Waals surface area contributed by atoms with Gasteiger partial charge in [-0.15, -0.1) is 0 Å². The van der Waals surface area contributed by atoms with E-state index in [0.717, 1.165) is 22.4 Å². The smallest absolute Gasteiger partial charge is 0.123 e. The van der Waals surface area contributed by atoms with E-state index in [2.05, 4.69) is 27.6 Å². The Morgan fingerprint density at radius 2 is 1.96 bits per heavy atom. The first-order chi connectivity index (χ1) is 11.7. The standard InChI is InChI=1S/C19H18FN3O/c20-15-7-5-12(6-8-15)18-14(11-22-23-18)10-21-19-16-4-2-1-3-13(16)9-17(19)24/h1-8,11,17,19,21,24H,9-10H2,(H,22,23)/t17-,19+/m0/s1. The second-order valence-corrected chi connectivity index (χ2v) is 6.11. The molecule has 24 heavy (non-hydrogen) atoms. The Morgan fingerprint density at radius 1 is 1.17 bits per heavy atom. The first-order valence-electron chi connectivity index (χ1n) is 8.00. The number of fused-ring (bicyclic) bond motifs is 1. The number of aliphatic hydroxyl groups excluding tert-OH is 1. The Morgan fingerprint density at radius 3 is 2.79 bits per heavy atom. The summed E-state index contributed by atoms with van der Waals surface area (Å²) in [4.78, 5) is 0. The average Bonchev–Trinajstić information content (AvgIpc) is 3.17. The molecular weight excluding hydrogens is 305 g/mol. The van der Waals surface area contributed by atoms with Crippen molar-refractivity contribution in [2.45, 2.75) is 25.1 Å². The van der Waals surface area contributed by atoms with Gasteiger partial charge in [-0.05, 0) is 35.4 Å². The summed E-state index contributed by atoms with van der Waals surface area (Å²) in [5, 5.41) is 20.8. The van der Waals surface area contributed by atoms with Gasteiger partial charge in [-0.3, -0.25) is 5.10 Å². The number of H-pyrrole nitrogens is 1. The van der Waals surface area contributed by atoms with E-state index in [4.69, 9.17) is 0 Å². The van der Waals surface area contributed by atoms with Gasteiger partial charge in [0.25, 0.3) is 0 Å². The van der Waals surface area contributed by atoms with Crippen molar-refractivity contribution in [1.82, 2.24) is 15.5 Å². The molecule has 0 fully saturated rings. The molecule has 0 saturated carbocycles. The molecule has 0 saturated heterocycles. The fraction of sp³-hybridized carbons (Fsp3) is 0.211. The number of nitrogens with one attached hydrogen (secondary N) is 2. The molecular formula is C19H18FN3O. The van der Waals surface area contributed by atoms with Gasteiger partial charge in [0.1, 0.15) is 5.82 Å². The van der Waals surface area contributed by atoms with Crippen molar-refractivity contribution < 1.29 is 9.50 Å². The first kappa shape index (κ1) is 15.1. The van der Waals surface area contributed by atoms with Gasteiger partial charge in [-0.25, -0.2) is 4.39 Å². The zero-order valence-electron chi connectivity index (χ0n) is 13.0. The van der Waals surface area contributed by atoms with Crippen LogP contribution in [0.2, 0.25) is 0 Å². The van der Waals surface area contributed by atoms with Gasteiger partial charge in [0.2, 0.25) is 0 Å². The van der Waals surface area contributed by atoms with E-state index in [0.29, 0.717) is 13.0 Å². The summed E-state index contributed by atoms with van der Waals surface area (Å²) >= 11 is 0. The van der Waals surface area contributed by atoms with Gasteiger partial charge < -0.3 is 10.4 Å². The molecule has 5 heteroatoms. The number of halogens is 1. The molecule has 122 valence electrons. The number of aromatic amines is 1. The Hall–Kier alpha value is -2.50. The highest BCUT2D eigenvalue weighted by Gasteiger charge is 2.30. The van der Waals surface area contributed by atoms with Crippen LogP contribution in [0, 0.1) is 5.82 Å². The fourth-order valence-electron chi connectivity index (χ4n) is 3.35. The van der Waals surface area contributed by atoms with Crippen LogP contribution in [0.3, 0.4) is 0 Å². The van der Waals surface area contributed by atoms with Crippen molar-refractivity contribution in [3.05, 3.63) is 77.2 Å². The van der Waals surface area contributed by atoms with Gasteiger partial charge in [0, 0.05) is 24.1 Å². The van der Waals surface area contributed by atoms with Crippen LogP contribution in [-0.2, 0) is 13.0 Å². The van der Waals surface area contributed by atoms with Crippen molar-refractivity contribution >= 4 is 0 Å². The molecule has 4 rings (SSSR count). The highest BCUT2D eigenvalue weighted by atomic mass is 19.1. The predicted octanol–water partition coefficient (Wildman–Crippen LogP) is 2.96. The largest absolute Gasteiger partial charge is 0.391 e. The Bertz CT molecular complexity index is 844. The van der Waals surface area contributed by atoms with Crippen LogP contribution < -0.4 is 5.32 Å². The van der Waals surface area contributed by atoms with Gasteiger partial charge in [0.15, 0.2) is 0 Å². The Kier molecular flexibility index (Phi) is 3.88. The summed E-state index contributed by atoms with van der Waals surface area (Å²) in [6, 6.07) is 14.3. The van der Waals surface area contributed by atoms with Crippen LogP contribution in [0.15, 0.2) is 54.7 Å². The molecule has 3 aromatic rings. The zero-order chi connectivity index (χ0) is 16.5. The topological polar surface area (TPSA) is 60.9 Å². The lowest BCUT2D eigenvalue weighted by molar-refractivity contribution is 0.140. The molecule has 2 atom stereocenters. The lowest BCUT2D eigenvalue weighted by atomic mass is 10.1. The number of benzene rings is 2. The predicted molar refractivity (Wildman–Crippen MR) is 89.7 cm³/mol. The molecule has 3 N–H and O–H groups in total. The van der Waals surface area contributed by atoms with E-state index in [-0.39, 0.29) is 11.9 Å². The minimum atomic E-state index is -0.427. The minimum Gasteiger partial charge on any atom is -0.391 e. The first-order valence-corrected chi connectivity index (χ1v) is 8.00. The summed E-state index contributed by atoms with van der Waals surface area (Å²) in [5.74, 6) is -0.261. The van der Waals surface area contributed by atoms with Gasteiger partial charge in [-0.1, -0.05) is 24.3 Å². The summed E-state index contributed by atoms with van der Waals surface area (Å²) in [7, 11) is 0. The molecule has 4 nitrogen and oxygen atoms in total. The van der Waals surface area contributed by atoms with Gasteiger partial charge in [-0.2, -0.15) is 5.10 Å². The molecule has 2 aromatic carbocycles. The summed E-state index contributed by atoms with van der Waals surface area (Å²) in [5.41, 5.74) is 5.07. The lowest BCUT2D eigenvalue weighted by Crippen LogP contribution is -2.28. The maximum atomic E-state index is 13.1. The molecule has 0 spiro atoms. The number of aliphatic hydroxyl groups is 1. The average molecular weight is 323 g/mol. The summed E-state index contributed by atoms with van der Waals surface area (Å²) < 4.78 is 13.1. The van der Waals surface area contributed by atoms with Gasteiger partial charge in [0.05, 0.1) is 24.0 Å². The second-order valence-electron chi connectivity index (χ2n) is 6.11. The third kappa shape index (κ3) is 2.72. The Balaban J connectivity index is 1.53. The van der Waals surface area contributed by atoms with Crippen molar-refractivity contribution in [3.8, 4) is 11.3 Å². The fourth-order valence-corrected chi connectivity index (χ4v) is 3.35. The lowest BCUT2D eigenvalue weighted by Gasteiger charge is -2.18. The van der Waals surface area contributed by atoms with Crippen LogP contribution in [0.4, 0.5) is 4.39 Å². The molecule has 0 aliphatic heterocycles. The van der Waals surface area contributed by atoms with Crippen LogP contribution in [-0.4, -0.2) is 21.4 Å². The zero-order valence-corrected chi connectivity index (χ0v) is 13.0. The van der Waals surface area contributed by atoms with E-state index < -0.39 is 6.10 Å². The molecule has 0 amide bonds. The third-order valence-electron chi connectivity index (χ3n) is 4.57. The maximum Gasteiger partial charge on any atom is 0.123 e. The molecule has 1 aliphatic rings. The summed E-state index contributed by atoms with van der Waals surface area (Å²) in [6.45, 7) is 0.569. The molecule has 1 aliphatic carbocycles. The van der Waals surface area contributed by atoms with Crippen molar-refractivity contribution in [1.29, 1.82) is 0 Å². The van der Waals surface area contributed by atoms with Crippen LogP contribution in [0.25, 0.3) is 11.3 Å². The van der Waals surface area contributed by atoms with Crippen LogP contribution in [0.5, 0.6) is 0 Å². The number of aromatic nitrogens is 2. The third-order valence-corrected chi connectivity index (χ3v) is 4.57. The monoisotopic (exact) mass is 323 g/mol. The van der Waals surface area contributed by atoms with E-state index >= 15 is 0 Å². The van der Waals surface area contributed by atoms with Crippen molar-refractivity contribution in [2.75, 3.05) is 0 Å². The number of hydrogen-bond acceptors (Lipinski definition) is 3. The highest BCUT2D eigenvalue weighted by molar-refractivity contribution is 5.62. The number of rotatable bonds is 4. The molecule has 1 heterocycles. The molecule has 0 radical (unpaired) electrons. The van der Waals surface area contributed by atoms with E-state index in [1.54, 1.807) is 18.3 Å². The van der Waals surface area contributed by atoms with E-state index in [1.165, 1.54) is 17.7 Å². The number of nitrogens with zero attached hydrogens (tertiary/aromatic N) is 1. The van der Waals surface area contributed by atoms with Crippen molar-refractivity contribution in [2.24, 2.45) is 0 Å². The highest BCUT2D eigenvalue weighted by Crippen LogP contribution is 2.32. The second kappa shape index (κ2) is 6.19. The van der Waals surface area contributed by atoms with Crippen molar-refractivity contribution in [3.63, 3.8) is 0 Å². The molecule has 1 aromatic heterocycles. The normalized spacial score (nSPS) is 19.4. The van der Waals surface area contributed by atoms with Crippen LogP contribution >= 0.6 is 0 Å². The van der Waals surface area contributed by atoms with Gasteiger partial charge >= 0.3 is 0 Å². The Labute approximate surface area is 139 Å². The number of hydrogen-bond donors (Lipinski definition) is 3. The summed E-state index contributed by atoms with van der Waals surface area (Å²) in [6.07, 6.45) is 2.01. The quantitative estimate of drug-likeness (QED) is 0.692.